The van der Waals surface area contributed by atoms with Crippen molar-refractivity contribution in [2.24, 2.45) is 0 Å². The molecule has 0 aromatic carbocycles. The van der Waals surface area contributed by atoms with E-state index in [9.17, 15) is 9.59 Å². The van der Waals surface area contributed by atoms with Crippen LogP contribution in [0.4, 0.5) is 0 Å². The Kier molecular flexibility index (Phi) is 20.8. The van der Waals surface area contributed by atoms with Gasteiger partial charge in [-0.25, -0.2) is 9.59 Å². The Bertz CT molecular complexity index is 279. The van der Waals surface area contributed by atoms with Gasteiger partial charge >= 0.3 is 63.3 Å². The summed E-state index contributed by atoms with van der Waals surface area (Å²) in [6, 6.07) is 0. The van der Waals surface area contributed by atoms with Crippen molar-refractivity contribution < 1.29 is 77.1 Å². The van der Waals surface area contributed by atoms with Gasteiger partial charge in [-0.1, -0.05) is 20.8 Å². The fourth-order valence-electron chi connectivity index (χ4n) is 2.38. The first-order valence-corrected chi connectivity index (χ1v) is 7.36. The van der Waals surface area contributed by atoms with Crippen LogP contribution in [-0.4, -0.2) is 52.8 Å². The molecule has 0 rings (SSSR count). The number of carbonyl (C=O) groups is 2. The van der Waals surface area contributed by atoms with Crippen molar-refractivity contribution in [1.82, 2.24) is 0 Å². The van der Waals surface area contributed by atoms with E-state index in [0.717, 1.165) is 0 Å². The number of carboxylic acids is 2. The van der Waals surface area contributed by atoms with E-state index in [2.05, 4.69) is 27.7 Å². The molecule has 0 aliphatic carbocycles. The van der Waals surface area contributed by atoms with E-state index in [1.54, 1.807) is 0 Å². The Morgan fingerprint density at radius 1 is 0.857 bits per heavy atom. The zero-order chi connectivity index (χ0) is 16.0. The van der Waals surface area contributed by atoms with E-state index in [-0.39, 0.29) is 52.8 Å². The molecule has 0 aromatic heterocycles. The number of nitrogens with zero attached hydrogens (tertiary/aromatic N) is 1. The molecule has 0 bridgehead atoms. The molecule has 0 unspecified atom stereocenters. The third-order valence-electron chi connectivity index (χ3n) is 3.13. The fourth-order valence-corrected chi connectivity index (χ4v) is 2.38. The van der Waals surface area contributed by atoms with Crippen LogP contribution in [0.5, 0.6) is 0 Å². The molecule has 0 amide bonds. The van der Waals surface area contributed by atoms with Crippen molar-refractivity contribution >= 4 is 11.9 Å². The maximum absolute atomic E-state index is 9.55. The molecule has 0 aliphatic rings. The molecular formula is C15H31KNO4+. The van der Waals surface area contributed by atoms with Crippen LogP contribution in [0.2, 0.25) is 0 Å². The summed E-state index contributed by atoms with van der Waals surface area (Å²) in [5.74, 6) is -2.51. The van der Waals surface area contributed by atoms with E-state index in [0.29, 0.717) is 12.2 Å². The summed E-state index contributed by atoms with van der Waals surface area (Å²) < 4.78 is 1.35. The van der Waals surface area contributed by atoms with Crippen LogP contribution in [0.15, 0.2) is 12.2 Å². The summed E-state index contributed by atoms with van der Waals surface area (Å²) in [6.07, 6.45) is 5.10. The zero-order valence-corrected chi connectivity index (χ0v) is 17.4. The zero-order valence-electron chi connectivity index (χ0n) is 15.3. The minimum absolute atomic E-state index is 0. The molecule has 0 fully saturated rings. The van der Waals surface area contributed by atoms with Crippen LogP contribution in [0.1, 0.15) is 48.4 Å². The van der Waals surface area contributed by atoms with Gasteiger partial charge in [0.05, 0.1) is 26.2 Å². The number of carboxylic acid groups (broad SMARTS) is 2. The Morgan fingerprint density at radius 3 is 1.29 bits per heavy atom. The first kappa shape index (κ1) is 26.2. The second-order valence-corrected chi connectivity index (χ2v) is 4.84. The molecule has 0 heterocycles. The maximum Gasteiger partial charge on any atom is 1.00 e. The first-order valence-electron chi connectivity index (χ1n) is 7.36. The molecule has 120 valence electrons. The van der Waals surface area contributed by atoms with Crippen LogP contribution >= 0.6 is 0 Å². The van der Waals surface area contributed by atoms with Gasteiger partial charge in [-0.15, -0.1) is 0 Å². The average Bonchev–Trinajstić information content (AvgIpc) is 2.38. The van der Waals surface area contributed by atoms with Crippen molar-refractivity contribution in [3.63, 3.8) is 0 Å². The number of hydrogen-bond acceptors (Lipinski definition) is 2. The normalized spacial score (nSPS) is 10.5. The van der Waals surface area contributed by atoms with Gasteiger partial charge < -0.3 is 16.1 Å². The van der Waals surface area contributed by atoms with E-state index < -0.39 is 11.9 Å². The van der Waals surface area contributed by atoms with E-state index in [1.807, 2.05) is 0 Å². The topological polar surface area (TPSA) is 74.6 Å². The molecule has 0 spiro atoms. The number of hydrogen-bond donors (Lipinski definition) is 2. The fraction of sp³-hybridized carbons (Fsp3) is 0.733. The third-order valence-corrected chi connectivity index (χ3v) is 3.13. The summed E-state index contributed by atoms with van der Waals surface area (Å²) in [7, 11) is 0. The standard InChI is InChI=1S/C11H26N.C4H4O4.K.H/c1-5-9-12(8-4,10-6-2)11-7-3;5-3(6)1-2-4(7)8;;/h5-11H2,1-4H3;1-2H,(H,5,6)(H,7,8);;/q+1;;+1;-1/b;2-1-;;. The van der Waals surface area contributed by atoms with Gasteiger partial charge in [0.2, 0.25) is 0 Å². The molecular weight excluding hydrogens is 297 g/mol. The Labute approximate surface area is 172 Å². The van der Waals surface area contributed by atoms with Gasteiger partial charge in [-0.05, 0) is 26.2 Å². The van der Waals surface area contributed by atoms with Crippen molar-refractivity contribution in [3.8, 4) is 0 Å². The molecule has 0 aliphatic heterocycles. The van der Waals surface area contributed by atoms with Gasteiger partial charge in [0, 0.05) is 12.2 Å². The summed E-state index contributed by atoms with van der Waals surface area (Å²) in [5.41, 5.74) is 0. The van der Waals surface area contributed by atoms with E-state index >= 15 is 0 Å². The maximum atomic E-state index is 9.55. The second-order valence-electron chi connectivity index (χ2n) is 4.84. The molecule has 0 saturated carbocycles. The van der Waals surface area contributed by atoms with E-state index in [4.69, 9.17) is 10.2 Å². The minimum Gasteiger partial charge on any atom is -1.00 e. The summed E-state index contributed by atoms with van der Waals surface area (Å²) in [6.45, 7) is 14.7. The quantitative estimate of drug-likeness (QED) is 0.352. The Hall–Kier alpha value is 0.276. The molecule has 6 heteroatoms. The molecule has 2 N–H and O–H groups in total. The van der Waals surface area contributed by atoms with Crippen LogP contribution < -0.4 is 51.4 Å². The van der Waals surface area contributed by atoms with E-state index in [1.165, 1.54) is 49.9 Å². The largest absolute Gasteiger partial charge is 1.00 e. The van der Waals surface area contributed by atoms with Gasteiger partial charge in [-0.2, -0.15) is 0 Å². The number of aliphatic carboxylic acids is 2. The van der Waals surface area contributed by atoms with Gasteiger partial charge in [0.1, 0.15) is 0 Å². The van der Waals surface area contributed by atoms with Gasteiger partial charge in [0.25, 0.3) is 0 Å². The first-order chi connectivity index (χ1) is 9.37. The van der Waals surface area contributed by atoms with Crippen LogP contribution in [0.25, 0.3) is 0 Å². The molecule has 0 saturated heterocycles. The average molecular weight is 329 g/mol. The van der Waals surface area contributed by atoms with Gasteiger partial charge in [-0.3, -0.25) is 0 Å². The Balaban J connectivity index is -0.000000144. The van der Waals surface area contributed by atoms with Crippen LogP contribution in [-0.2, 0) is 9.59 Å². The van der Waals surface area contributed by atoms with Crippen LogP contribution in [0, 0.1) is 0 Å². The minimum atomic E-state index is -1.26. The summed E-state index contributed by atoms with van der Waals surface area (Å²) in [5, 5.41) is 15.6. The summed E-state index contributed by atoms with van der Waals surface area (Å²) in [4.78, 5) is 19.1. The molecule has 21 heavy (non-hydrogen) atoms. The predicted molar refractivity (Wildman–Crippen MR) is 81.8 cm³/mol. The molecule has 0 radical (unpaired) electrons. The number of rotatable bonds is 9. The summed E-state index contributed by atoms with van der Waals surface area (Å²) >= 11 is 0. The van der Waals surface area contributed by atoms with Gasteiger partial charge in [0.15, 0.2) is 0 Å². The van der Waals surface area contributed by atoms with Crippen molar-refractivity contribution in [1.29, 1.82) is 0 Å². The van der Waals surface area contributed by atoms with Crippen molar-refractivity contribution in [2.75, 3.05) is 26.2 Å². The Morgan fingerprint density at radius 2 is 1.14 bits per heavy atom. The molecule has 0 atom stereocenters. The predicted octanol–water partition coefficient (Wildman–Crippen LogP) is -0.119. The van der Waals surface area contributed by atoms with Crippen LogP contribution in [0.3, 0.4) is 0 Å². The molecule has 0 aromatic rings. The van der Waals surface area contributed by atoms with Crippen molar-refractivity contribution in [3.05, 3.63) is 12.2 Å². The monoisotopic (exact) mass is 328 g/mol. The SMILES string of the molecule is CCC[N+](CC)(CCC)CCC.O=C(O)/C=C\C(=O)O.[H-].[K+]. The second kappa shape index (κ2) is 16.6. The number of quaternary nitrogens is 1. The molecule has 5 nitrogen and oxygen atoms in total. The third kappa shape index (κ3) is 16.5. The smallest absolute Gasteiger partial charge is 1.00 e. The van der Waals surface area contributed by atoms with Crippen molar-refractivity contribution in [2.45, 2.75) is 47.0 Å².